The van der Waals surface area contributed by atoms with Crippen molar-refractivity contribution in [1.82, 2.24) is 0 Å². The lowest BCUT2D eigenvalue weighted by molar-refractivity contribution is -0.274. The fraction of sp³-hybridized carbons (Fsp3) is 0.143. The Labute approximate surface area is 94.5 Å². The highest BCUT2D eigenvalue weighted by Crippen LogP contribution is 2.39. The molecule has 0 spiro atoms. The van der Waals surface area contributed by atoms with E-state index in [1.165, 1.54) is 12.1 Å². The normalized spacial score (nSPS) is 11.5. The van der Waals surface area contributed by atoms with Gasteiger partial charge in [0, 0.05) is 4.47 Å². The predicted molar refractivity (Wildman–Crippen MR) is 52.9 cm³/mol. The van der Waals surface area contributed by atoms with E-state index in [0.29, 0.717) is 4.47 Å². The Morgan fingerprint density at radius 3 is 2.29 bits per heavy atom. The van der Waals surface area contributed by atoms with Crippen molar-refractivity contribution in [2.24, 2.45) is 0 Å². The number of nitrogen functional groups attached to an aromatic ring is 1. The first-order valence-electron chi connectivity index (χ1n) is 3.30. The summed E-state index contributed by atoms with van der Waals surface area (Å²) in [7, 11) is 0. The maximum Gasteiger partial charge on any atom is 0.573 e. The third-order valence-electron chi connectivity index (χ3n) is 1.30. The van der Waals surface area contributed by atoms with E-state index in [-0.39, 0.29) is 10.2 Å². The van der Waals surface area contributed by atoms with Gasteiger partial charge >= 0.3 is 6.36 Å². The molecule has 0 atom stereocenters. The Hall–Kier alpha value is -0.430. The topological polar surface area (TPSA) is 35.2 Å². The Morgan fingerprint density at radius 1 is 1.21 bits per heavy atom. The van der Waals surface area contributed by atoms with Crippen molar-refractivity contribution >= 4 is 37.5 Å². The highest BCUT2D eigenvalue weighted by atomic mass is 79.9. The SMILES string of the molecule is Nc1ccc(Br)c(Br)c1OC(F)(F)F. The minimum absolute atomic E-state index is 0.0857. The molecule has 0 saturated carbocycles. The number of halogens is 5. The minimum Gasteiger partial charge on any atom is -0.402 e. The van der Waals surface area contributed by atoms with Crippen LogP contribution in [-0.2, 0) is 0 Å². The second-order valence-corrected chi connectivity index (χ2v) is 3.97. The fourth-order valence-corrected chi connectivity index (χ4v) is 1.52. The molecular weight excluding hydrogens is 331 g/mol. The number of anilines is 1. The summed E-state index contributed by atoms with van der Waals surface area (Å²) in [5.41, 5.74) is 5.24. The summed E-state index contributed by atoms with van der Waals surface area (Å²) < 4.78 is 40.1. The third-order valence-corrected chi connectivity index (χ3v) is 3.28. The molecule has 0 aromatic heterocycles. The van der Waals surface area contributed by atoms with Gasteiger partial charge in [-0.2, -0.15) is 0 Å². The number of ether oxygens (including phenoxy) is 1. The lowest BCUT2D eigenvalue weighted by atomic mass is 10.3. The molecule has 2 nitrogen and oxygen atoms in total. The summed E-state index contributed by atoms with van der Waals surface area (Å²) in [6, 6.07) is 2.83. The van der Waals surface area contributed by atoms with Gasteiger partial charge in [-0.25, -0.2) is 0 Å². The summed E-state index contributed by atoms with van der Waals surface area (Å²) in [5.74, 6) is -0.438. The lowest BCUT2D eigenvalue weighted by Crippen LogP contribution is -2.18. The predicted octanol–water partition coefficient (Wildman–Crippen LogP) is 3.69. The minimum atomic E-state index is -4.75. The van der Waals surface area contributed by atoms with Crippen molar-refractivity contribution in [3.05, 3.63) is 21.1 Å². The fourth-order valence-electron chi connectivity index (χ4n) is 0.766. The quantitative estimate of drug-likeness (QED) is 0.795. The molecule has 2 N–H and O–H groups in total. The van der Waals surface area contributed by atoms with Gasteiger partial charge in [-0.3, -0.25) is 0 Å². The molecule has 0 radical (unpaired) electrons. The van der Waals surface area contributed by atoms with Crippen LogP contribution in [0.2, 0.25) is 0 Å². The summed E-state index contributed by atoms with van der Waals surface area (Å²) in [5, 5.41) is 0. The van der Waals surface area contributed by atoms with Crippen LogP contribution in [0, 0.1) is 0 Å². The zero-order chi connectivity index (χ0) is 10.9. The highest BCUT2D eigenvalue weighted by molar-refractivity contribution is 9.13. The van der Waals surface area contributed by atoms with Crippen molar-refractivity contribution < 1.29 is 17.9 Å². The Morgan fingerprint density at radius 2 is 1.79 bits per heavy atom. The maximum atomic E-state index is 11.9. The van der Waals surface area contributed by atoms with Crippen molar-refractivity contribution in [3.8, 4) is 5.75 Å². The molecule has 0 aliphatic carbocycles. The number of hydrogen-bond donors (Lipinski definition) is 1. The molecule has 0 aliphatic heterocycles. The zero-order valence-electron chi connectivity index (χ0n) is 6.53. The van der Waals surface area contributed by atoms with Gasteiger partial charge in [0.2, 0.25) is 0 Å². The van der Waals surface area contributed by atoms with Crippen molar-refractivity contribution in [2.45, 2.75) is 6.36 Å². The first kappa shape index (κ1) is 11.6. The number of alkyl halides is 3. The van der Waals surface area contributed by atoms with Crippen molar-refractivity contribution in [2.75, 3.05) is 5.73 Å². The summed E-state index contributed by atoms with van der Waals surface area (Å²) in [4.78, 5) is 0. The van der Waals surface area contributed by atoms with E-state index in [2.05, 4.69) is 36.6 Å². The van der Waals surface area contributed by atoms with Crippen molar-refractivity contribution in [3.63, 3.8) is 0 Å². The molecule has 0 unspecified atom stereocenters. The van der Waals surface area contributed by atoms with E-state index in [4.69, 9.17) is 5.73 Å². The first-order chi connectivity index (χ1) is 6.31. The molecule has 0 amide bonds. The van der Waals surface area contributed by atoms with Crippen LogP contribution in [0.1, 0.15) is 0 Å². The largest absolute Gasteiger partial charge is 0.573 e. The average molecular weight is 335 g/mol. The second-order valence-electron chi connectivity index (χ2n) is 2.33. The van der Waals surface area contributed by atoms with Gasteiger partial charge in [0.05, 0.1) is 10.2 Å². The molecule has 0 aliphatic rings. The number of rotatable bonds is 1. The molecule has 1 rings (SSSR count). The Balaban J connectivity index is 3.13. The van der Waals surface area contributed by atoms with Gasteiger partial charge in [-0.05, 0) is 44.0 Å². The number of nitrogens with two attached hydrogens (primary N) is 1. The van der Waals surface area contributed by atoms with Gasteiger partial charge in [0.25, 0.3) is 0 Å². The monoisotopic (exact) mass is 333 g/mol. The van der Waals surface area contributed by atoms with E-state index in [1.807, 2.05) is 0 Å². The summed E-state index contributed by atoms with van der Waals surface area (Å²) >= 11 is 5.97. The van der Waals surface area contributed by atoms with Crippen LogP contribution in [-0.4, -0.2) is 6.36 Å². The lowest BCUT2D eigenvalue weighted by Gasteiger charge is -2.13. The van der Waals surface area contributed by atoms with Gasteiger partial charge in [0.1, 0.15) is 0 Å². The van der Waals surface area contributed by atoms with Crippen LogP contribution in [0.15, 0.2) is 21.1 Å². The molecule has 0 bridgehead atoms. The van der Waals surface area contributed by atoms with Crippen LogP contribution in [0.5, 0.6) is 5.75 Å². The van der Waals surface area contributed by atoms with Gasteiger partial charge in [0.15, 0.2) is 5.75 Å². The summed E-state index contributed by atoms with van der Waals surface area (Å²) in [6.45, 7) is 0. The molecule has 78 valence electrons. The number of hydrogen-bond acceptors (Lipinski definition) is 2. The average Bonchev–Trinajstić information content (AvgIpc) is 2.04. The standard InChI is InChI=1S/C7H4Br2F3NO/c8-3-1-2-4(13)6(5(3)9)14-7(10,11)12/h1-2H,13H2. The van der Waals surface area contributed by atoms with E-state index >= 15 is 0 Å². The summed E-state index contributed by atoms with van der Waals surface area (Å²) in [6.07, 6.45) is -4.75. The van der Waals surface area contributed by atoms with E-state index < -0.39 is 12.1 Å². The number of benzene rings is 1. The second kappa shape index (κ2) is 3.98. The van der Waals surface area contributed by atoms with E-state index in [0.717, 1.165) is 0 Å². The van der Waals surface area contributed by atoms with Crippen LogP contribution in [0.4, 0.5) is 18.9 Å². The zero-order valence-corrected chi connectivity index (χ0v) is 9.70. The Bertz CT molecular complexity index is 354. The van der Waals surface area contributed by atoms with Crippen LogP contribution in [0.3, 0.4) is 0 Å². The maximum absolute atomic E-state index is 11.9. The molecule has 0 fully saturated rings. The van der Waals surface area contributed by atoms with E-state index in [1.54, 1.807) is 0 Å². The van der Waals surface area contributed by atoms with E-state index in [9.17, 15) is 13.2 Å². The first-order valence-corrected chi connectivity index (χ1v) is 4.89. The molecule has 1 aromatic rings. The van der Waals surface area contributed by atoms with Crippen LogP contribution < -0.4 is 10.5 Å². The highest BCUT2D eigenvalue weighted by Gasteiger charge is 2.33. The van der Waals surface area contributed by atoms with Gasteiger partial charge in [-0.15, -0.1) is 13.2 Å². The van der Waals surface area contributed by atoms with Gasteiger partial charge < -0.3 is 10.5 Å². The van der Waals surface area contributed by atoms with Crippen molar-refractivity contribution in [1.29, 1.82) is 0 Å². The van der Waals surface area contributed by atoms with Crippen LogP contribution in [0.25, 0.3) is 0 Å². The molecule has 7 heteroatoms. The molecule has 0 heterocycles. The molecule has 1 aromatic carbocycles. The third kappa shape index (κ3) is 2.78. The molecule has 14 heavy (non-hydrogen) atoms. The van der Waals surface area contributed by atoms with Crippen LogP contribution >= 0.6 is 31.9 Å². The molecular formula is C7H4Br2F3NO. The smallest absolute Gasteiger partial charge is 0.402 e. The Kier molecular flexibility index (Phi) is 3.31. The van der Waals surface area contributed by atoms with Gasteiger partial charge in [-0.1, -0.05) is 0 Å². The molecule has 0 saturated heterocycles.